The van der Waals surface area contributed by atoms with Crippen LogP contribution in [0, 0.1) is 0 Å². The zero-order valence-electron chi connectivity index (χ0n) is 18.9. The quantitative estimate of drug-likeness (QED) is 0.254. The van der Waals surface area contributed by atoms with E-state index < -0.39 is 8.07 Å². The van der Waals surface area contributed by atoms with Crippen LogP contribution in [0.2, 0.25) is 16.6 Å². The van der Waals surface area contributed by atoms with E-state index in [2.05, 4.69) is 129 Å². The molecule has 1 heterocycles. The van der Waals surface area contributed by atoms with Gasteiger partial charge in [-0.25, -0.2) is 0 Å². The molecule has 1 nitrogen and oxygen atoms in total. The minimum atomic E-state index is -1.65. The van der Waals surface area contributed by atoms with E-state index in [1.165, 1.54) is 27.5 Å². The fourth-order valence-corrected chi connectivity index (χ4v) is 13.4. The molecule has 0 saturated heterocycles. The minimum Gasteiger partial charge on any atom is -0.308 e. The van der Waals surface area contributed by atoms with E-state index in [0.29, 0.717) is 16.6 Å². The maximum atomic E-state index is 3.81. The Morgan fingerprint density at radius 3 is 1.83 bits per heavy atom. The summed E-state index contributed by atoms with van der Waals surface area (Å²) in [7, 11) is -1.65. The molecule has 1 aromatic heterocycles. The SMILES string of the molecule is CC(C)[Si](c1ccc(-n2c3ccccc3c3cccc(Br)c32)cc1)(C(C)C)C(C)C. The van der Waals surface area contributed by atoms with Crippen LogP contribution in [-0.2, 0) is 0 Å². The van der Waals surface area contributed by atoms with Gasteiger partial charge in [-0.3, -0.25) is 0 Å². The van der Waals surface area contributed by atoms with Crippen LogP contribution in [0.3, 0.4) is 0 Å². The molecular formula is C27H32BrNSi. The van der Waals surface area contributed by atoms with Gasteiger partial charge in [-0.1, -0.05) is 89.2 Å². The van der Waals surface area contributed by atoms with Crippen molar-refractivity contribution in [3.05, 3.63) is 71.2 Å². The van der Waals surface area contributed by atoms with Crippen molar-refractivity contribution in [3.63, 3.8) is 0 Å². The van der Waals surface area contributed by atoms with Gasteiger partial charge >= 0.3 is 0 Å². The highest BCUT2D eigenvalue weighted by atomic mass is 79.9. The fourth-order valence-electron chi connectivity index (χ4n) is 6.14. The Morgan fingerprint density at radius 1 is 0.667 bits per heavy atom. The number of hydrogen-bond donors (Lipinski definition) is 0. The molecule has 0 atom stereocenters. The Morgan fingerprint density at radius 2 is 1.23 bits per heavy atom. The number of fused-ring (bicyclic) bond motifs is 3. The van der Waals surface area contributed by atoms with Crippen molar-refractivity contribution in [1.82, 2.24) is 4.57 Å². The van der Waals surface area contributed by atoms with Gasteiger partial charge in [0, 0.05) is 20.9 Å². The maximum Gasteiger partial charge on any atom is 0.0942 e. The predicted octanol–water partition coefficient (Wildman–Crippen LogP) is 8.43. The largest absolute Gasteiger partial charge is 0.308 e. The van der Waals surface area contributed by atoms with Gasteiger partial charge in [0.05, 0.1) is 19.1 Å². The summed E-state index contributed by atoms with van der Waals surface area (Å²) in [6, 6.07) is 24.7. The average Bonchev–Trinajstić information content (AvgIpc) is 3.04. The second-order valence-corrected chi connectivity index (χ2v) is 16.2. The smallest absolute Gasteiger partial charge is 0.0942 e. The van der Waals surface area contributed by atoms with Gasteiger partial charge in [-0.15, -0.1) is 0 Å². The number of para-hydroxylation sites is 2. The van der Waals surface area contributed by atoms with Crippen molar-refractivity contribution in [2.75, 3.05) is 0 Å². The van der Waals surface area contributed by atoms with Gasteiger partial charge in [0.15, 0.2) is 0 Å². The molecule has 4 aromatic rings. The molecule has 156 valence electrons. The molecule has 0 radical (unpaired) electrons. The van der Waals surface area contributed by atoms with Crippen LogP contribution in [0.25, 0.3) is 27.5 Å². The number of hydrogen-bond acceptors (Lipinski definition) is 0. The van der Waals surface area contributed by atoms with Gasteiger partial charge in [0.1, 0.15) is 0 Å². The zero-order valence-corrected chi connectivity index (χ0v) is 21.5. The molecule has 3 aromatic carbocycles. The molecule has 0 fully saturated rings. The summed E-state index contributed by atoms with van der Waals surface area (Å²) in [6.07, 6.45) is 0. The van der Waals surface area contributed by atoms with Gasteiger partial charge in [0.2, 0.25) is 0 Å². The molecular weight excluding hydrogens is 446 g/mol. The van der Waals surface area contributed by atoms with E-state index in [-0.39, 0.29) is 0 Å². The lowest BCUT2D eigenvalue weighted by molar-refractivity contribution is 0.835. The van der Waals surface area contributed by atoms with Gasteiger partial charge < -0.3 is 4.57 Å². The van der Waals surface area contributed by atoms with E-state index >= 15 is 0 Å². The molecule has 4 rings (SSSR count). The van der Waals surface area contributed by atoms with Crippen molar-refractivity contribution in [2.24, 2.45) is 0 Å². The predicted molar refractivity (Wildman–Crippen MR) is 139 cm³/mol. The molecule has 0 N–H and O–H groups in total. The standard InChI is InChI=1S/C27H32BrNSi/c1-18(2)30(19(3)4,20(5)6)22-16-14-21(15-17-22)29-26-13-8-7-10-23(26)24-11-9-12-25(28)27(24)29/h7-20H,1-6H3. The third kappa shape index (κ3) is 3.09. The first-order valence-electron chi connectivity index (χ1n) is 11.1. The maximum absolute atomic E-state index is 3.81. The summed E-state index contributed by atoms with van der Waals surface area (Å²) >= 11 is 3.81. The third-order valence-corrected chi connectivity index (χ3v) is 14.8. The molecule has 0 bridgehead atoms. The Bertz CT molecular complexity index is 1160. The minimum absolute atomic E-state index is 0.714. The van der Waals surface area contributed by atoms with Gasteiger partial charge in [-0.2, -0.15) is 0 Å². The van der Waals surface area contributed by atoms with Crippen molar-refractivity contribution in [3.8, 4) is 5.69 Å². The number of nitrogens with zero attached hydrogens (tertiary/aromatic N) is 1. The highest BCUT2D eigenvalue weighted by Crippen LogP contribution is 2.41. The summed E-state index contributed by atoms with van der Waals surface area (Å²) in [4.78, 5) is 0. The molecule has 30 heavy (non-hydrogen) atoms. The molecule has 0 spiro atoms. The first-order valence-corrected chi connectivity index (χ1v) is 14.1. The lowest BCUT2D eigenvalue weighted by Gasteiger charge is -2.43. The van der Waals surface area contributed by atoms with Crippen LogP contribution < -0.4 is 5.19 Å². The monoisotopic (exact) mass is 477 g/mol. The molecule has 0 aliphatic rings. The molecule has 0 aliphatic heterocycles. The van der Waals surface area contributed by atoms with Crippen molar-refractivity contribution in [2.45, 2.75) is 58.2 Å². The fraction of sp³-hybridized carbons (Fsp3) is 0.333. The third-order valence-electron chi connectivity index (χ3n) is 7.14. The second-order valence-electron chi connectivity index (χ2n) is 9.43. The molecule has 0 aliphatic carbocycles. The van der Waals surface area contributed by atoms with E-state index in [9.17, 15) is 0 Å². The van der Waals surface area contributed by atoms with Crippen molar-refractivity contribution >= 4 is 51.0 Å². The van der Waals surface area contributed by atoms with E-state index in [1.807, 2.05) is 0 Å². The van der Waals surface area contributed by atoms with E-state index in [0.717, 1.165) is 4.47 Å². The van der Waals surface area contributed by atoms with Crippen LogP contribution >= 0.6 is 15.9 Å². The summed E-state index contributed by atoms with van der Waals surface area (Å²) in [5.41, 5.74) is 5.87. The normalized spacial score (nSPS) is 12.7. The highest BCUT2D eigenvalue weighted by Gasteiger charge is 2.44. The van der Waals surface area contributed by atoms with Crippen LogP contribution in [-0.4, -0.2) is 12.6 Å². The number of rotatable bonds is 5. The summed E-state index contributed by atoms with van der Waals surface area (Å²) in [5, 5.41) is 4.18. The first-order chi connectivity index (χ1) is 14.3. The van der Waals surface area contributed by atoms with Crippen molar-refractivity contribution < 1.29 is 0 Å². The van der Waals surface area contributed by atoms with Crippen LogP contribution in [0.4, 0.5) is 0 Å². The Hall–Kier alpha value is -1.84. The zero-order chi connectivity index (χ0) is 21.6. The summed E-state index contributed by atoms with van der Waals surface area (Å²) in [6.45, 7) is 14.6. The van der Waals surface area contributed by atoms with E-state index in [4.69, 9.17) is 0 Å². The Kier molecular flexibility index (Phi) is 5.71. The summed E-state index contributed by atoms with van der Waals surface area (Å²) in [5.74, 6) is 0. The Labute approximate surface area is 190 Å². The van der Waals surface area contributed by atoms with Crippen LogP contribution in [0.15, 0.2) is 71.2 Å². The van der Waals surface area contributed by atoms with Gasteiger partial charge in [0.25, 0.3) is 0 Å². The lowest BCUT2D eigenvalue weighted by Crippen LogP contribution is -2.55. The first kappa shape index (κ1) is 21.4. The lowest BCUT2D eigenvalue weighted by atomic mass is 10.2. The summed E-state index contributed by atoms with van der Waals surface area (Å²) < 4.78 is 3.54. The van der Waals surface area contributed by atoms with Crippen molar-refractivity contribution in [1.29, 1.82) is 0 Å². The van der Waals surface area contributed by atoms with Crippen LogP contribution in [0.1, 0.15) is 41.5 Å². The second kappa shape index (κ2) is 8.01. The average molecular weight is 479 g/mol. The van der Waals surface area contributed by atoms with E-state index in [1.54, 1.807) is 5.19 Å². The Balaban J connectivity index is 1.95. The topological polar surface area (TPSA) is 4.93 Å². The number of aromatic nitrogens is 1. The molecule has 3 heteroatoms. The molecule has 0 unspecified atom stereocenters. The highest BCUT2D eigenvalue weighted by molar-refractivity contribution is 9.10. The molecule has 0 amide bonds. The number of halogens is 1. The van der Waals surface area contributed by atoms with Crippen LogP contribution in [0.5, 0.6) is 0 Å². The van der Waals surface area contributed by atoms with Gasteiger partial charge in [-0.05, 0) is 56.8 Å². The molecule has 0 saturated carbocycles. The number of benzene rings is 3.